The van der Waals surface area contributed by atoms with Crippen molar-refractivity contribution in [3.05, 3.63) is 30.3 Å². The molecule has 1 aromatic carbocycles. The summed E-state index contributed by atoms with van der Waals surface area (Å²) in [6.07, 6.45) is 5.26. The first-order chi connectivity index (χ1) is 12.6. The van der Waals surface area contributed by atoms with Gasteiger partial charge in [-0.15, -0.1) is 0 Å². The topological polar surface area (TPSA) is 30.5 Å². The summed E-state index contributed by atoms with van der Waals surface area (Å²) in [7, 11) is 0. The van der Waals surface area contributed by atoms with Crippen molar-refractivity contribution in [3.8, 4) is 0 Å². The second-order valence-electron chi connectivity index (χ2n) is 7.93. The van der Waals surface area contributed by atoms with Crippen molar-refractivity contribution in [1.29, 1.82) is 0 Å². The van der Waals surface area contributed by atoms with Gasteiger partial charge in [0, 0.05) is 50.5 Å². The van der Waals surface area contributed by atoms with Gasteiger partial charge >= 0.3 is 0 Å². The van der Waals surface area contributed by atoms with Crippen LogP contribution in [0.1, 0.15) is 39.5 Å². The molecule has 1 aliphatic carbocycles. The maximum Gasteiger partial charge on any atom is 0.166 e. The molecular formula is C21H34N4S. The second-order valence-corrected chi connectivity index (χ2v) is 8.34. The van der Waals surface area contributed by atoms with Crippen LogP contribution in [0, 0.1) is 5.92 Å². The van der Waals surface area contributed by atoms with Crippen molar-refractivity contribution in [3.63, 3.8) is 0 Å². The molecule has 0 bridgehead atoms. The van der Waals surface area contributed by atoms with Gasteiger partial charge in [0.25, 0.3) is 0 Å². The minimum Gasteiger partial charge on any atom is -0.369 e. The van der Waals surface area contributed by atoms with Crippen LogP contribution in [0.5, 0.6) is 0 Å². The van der Waals surface area contributed by atoms with Gasteiger partial charge in [0.1, 0.15) is 0 Å². The van der Waals surface area contributed by atoms with Crippen LogP contribution >= 0.6 is 12.2 Å². The van der Waals surface area contributed by atoms with E-state index in [0.29, 0.717) is 12.1 Å². The van der Waals surface area contributed by atoms with E-state index >= 15 is 0 Å². The quantitative estimate of drug-likeness (QED) is 0.773. The minimum atomic E-state index is 0.497. The second kappa shape index (κ2) is 9.56. The van der Waals surface area contributed by atoms with E-state index in [-0.39, 0.29) is 0 Å². The Morgan fingerprint density at radius 1 is 1.12 bits per heavy atom. The van der Waals surface area contributed by atoms with E-state index < -0.39 is 0 Å². The molecule has 3 unspecified atom stereocenters. The molecule has 5 heteroatoms. The van der Waals surface area contributed by atoms with E-state index in [0.717, 1.165) is 43.8 Å². The van der Waals surface area contributed by atoms with Gasteiger partial charge in [-0.25, -0.2) is 0 Å². The zero-order valence-electron chi connectivity index (χ0n) is 16.3. The summed E-state index contributed by atoms with van der Waals surface area (Å²) in [5.41, 5.74) is 1.34. The summed E-state index contributed by atoms with van der Waals surface area (Å²) in [5, 5.41) is 7.84. The average Bonchev–Trinajstić information content (AvgIpc) is 2.69. The number of nitrogens with zero attached hydrogens (tertiary/aromatic N) is 2. The predicted molar refractivity (Wildman–Crippen MR) is 115 cm³/mol. The van der Waals surface area contributed by atoms with Crippen LogP contribution in [0.4, 0.5) is 5.69 Å². The highest BCUT2D eigenvalue weighted by molar-refractivity contribution is 7.80. The lowest BCUT2D eigenvalue weighted by atomic mass is 9.86. The Kier molecular flexibility index (Phi) is 7.15. The summed E-state index contributed by atoms with van der Waals surface area (Å²) >= 11 is 5.54. The molecule has 2 fully saturated rings. The summed E-state index contributed by atoms with van der Waals surface area (Å²) in [5.74, 6) is 0.729. The molecule has 1 saturated heterocycles. The standard InChI is InChI=1S/C21H34N4S/c1-17-8-6-7-11-20(17)23-21(26)22-16-18(2)24-12-14-25(15-13-24)19-9-4-3-5-10-19/h3-5,9-10,17-18,20H,6-8,11-16H2,1-2H3,(H2,22,23,26). The molecule has 0 aromatic heterocycles. The van der Waals surface area contributed by atoms with Gasteiger partial charge in [0.05, 0.1) is 0 Å². The fraction of sp³-hybridized carbons (Fsp3) is 0.667. The van der Waals surface area contributed by atoms with E-state index in [1.807, 2.05) is 0 Å². The average molecular weight is 375 g/mol. The Morgan fingerprint density at radius 3 is 2.50 bits per heavy atom. The molecule has 1 aliphatic heterocycles. The van der Waals surface area contributed by atoms with Gasteiger partial charge in [-0.05, 0) is 50.0 Å². The number of para-hydroxylation sites is 1. The highest BCUT2D eigenvalue weighted by Gasteiger charge is 2.23. The Hall–Kier alpha value is -1.33. The van der Waals surface area contributed by atoms with Gasteiger partial charge in [0.2, 0.25) is 0 Å². The van der Waals surface area contributed by atoms with Gasteiger partial charge < -0.3 is 15.5 Å². The van der Waals surface area contributed by atoms with Gasteiger partial charge in [-0.1, -0.05) is 38.0 Å². The van der Waals surface area contributed by atoms with Gasteiger partial charge in [-0.3, -0.25) is 4.90 Å². The van der Waals surface area contributed by atoms with Crippen LogP contribution in [0.2, 0.25) is 0 Å². The summed E-state index contributed by atoms with van der Waals surface area (Å²) in [6.45, 7) is 9.96. The van der Waals surface area contributed by atoms with Crippen molar-refractivity contribution in [2.75, 3.05) is 37.6 Å². The van der Waals surface area contributed by atoms with E-state index in [9.17, 15) is 0 Å². The molecule has 2 N–H and O–H groups in total. The van der Waals surface area contributed by atoms with E-state index in [1.165, 1.54) is 31.4 Å². The Balaban J connectivity index is 1.37. The SMILES string of the molecule is CC1CCCCC1NC(=S)NCC(C)N1CCN(c2ccccc2)CC1. The Bertz CT molecular complexity index is 556. The van der Waals surface area contributed by atoms with Crippen molar-refractivity contribution >= 4 is 23.0 Å². The monoisotopic (exact) mass is 374 g/mol. The highest BCUT2D eigenvalue weighted by Crippen LogP contribution is 2.23. The van der Waals surface area contributed by atoms with Crippen LogP contribution < -0.4 is 15.5 Å². The fourth-order valence-corrected chi connectivity index (χ4v) is 4.41. The number of hydrogen-bond acceptors (Lipinski definition) is 3. The first-order valence-corrected chi connectivity index (χ1v) is 10.6. The summed E-state index contributed by atoms with van der Waals surface area (Å²) in [4.78, 5) is 5.05. The van der Waals surface area contributed by atoms with Crippen molar-refractivity contribution in [2.45, 2.75) is 51.6 Å². The van der Waals surface area contributed by atoms with E-state index in [1.54, 1.807) is 0 Å². The highest BCUT2D eigenvalue weighted by atomic mass is 32.1. The third-order valence-corrected chi connectivity index (χ3v) is 6.31. The van der Waals surface area contributed by atoms with Crippen molar-refractivity contribution in [2.24, 2.45) is 5.92 Å². The minimum absolute atomic E-state index is 0.497. The molecule has 1 saturated carbocycles. The largest absolute Gasteiger partial charge is 0.369 e. The van der Waals surface area contributed by atoms with Crippen molar-refractivity contribution in [1.82, 2.24) is 15.5 Å². The number of benzene rings is 1. The third kappa shape index (κ3) is 5.34. The van der Waals surface area contributed by atoms with E-state index in [2.05, 4.69) is 64.6 Å². The summed E-state index contributed by atoms with van der Waals surface area (Å²) < 4.78 is 0. The normalized spacial score (nSPS) is 25.5. The molecule has 26 heavy (non-hydrogen) atoms. The van der Waals surface area contributed by atoms with Crippen LogP contribution in [-0.2, 0) is 0 Å². The zero-order valence-corrected chi connectivity index (χ0v) is 17.1. The number of anilines is 1. The van der Waals surface area contributed by atoms with Gasteiger partial charge in [0.15, 0.2) is 5.11 Å². The van der Waals surface area contributed by atoms with Gasteiger partial charge in [-0.2, -0.15) is 0 Å². The number of thiocarbonyl (C=S) groups is 1. The first-order valence-electron chi connectivity index (χ1n) is 10.2. The molecule has 0 radical (unpaired) electrons. The molecule has 0 amide bonds. The molecule has 3 atom stereocenters. The zero-order chi connectivity index (χ0) is 18.4. The molecule has 4 nitrogen and oxygen atoms in total. The molecule has 2 aliphatic rings. The molecule has 1 aromatic rings. The van der Waals surface area contributed by atoms with Crippen LogP contribution in [-0.4, -0.2) is 54.8 Å². The summed E-state index contributed by atoms with van der Waals surface area (Å²) in [6, 6.07) is 11.8. The molecule has 0 spiro atoms. The molecule has 3 rings (SSSR count). The third-order valence-electron chi connectivity index (χ3n) is 6.04. The Labute approximate surface area is 164 Å². The fourth-order valence-electron chi connectivity index (χ4n) is 4.18. The molecule has 1 heterocycles. The smallest absolute Gasteiger partial charge is 0.166 e. The first kappa shape index (κ1) is 19.4. The maximum absolute atomic E-state index is 5.54. The Morgan fingerprint density at radius 2 is 1.81 bits per heavy atom. The van der Waals surface area contributed by atoms with Crippen molar-refractivity contribution < 1.29 is 0 Å². The number of hydrogen-bond donors (Lipinski definition) is 2. The molecular weight excluding hydrogens is 340 g/mol. The lowest BCUT2D eigenvalue weighted by molar-refractivity contribution is 0.197. The van der Waals surface area contributed by atoms with Crippen LogP contribution in [0.15, 0.2) is 30.3 Å². The van der Waals surface area contributed by atoms with Crippen LogP contribution in [0.25, 0.3) is 0 Å². The maximum atomic E-state index is 5.54. The number of rotatable bonds is 5. The lowest BCUT2D eigenvalue weighted by Crippen LogP contribution is -2.54. The number of nitrogens with one attached hydrogen (secondary N) is 2. The number of piperazine rings is 1. The predicted octanol–water partition coefficient (Wildman–Crippen LogP) is 3.24. The lowest BCUT2D eigenvalue weighted by Gasteiger charge is -2.39. The molecule has 144 valence electrons. The van der Waals surface area contributed by atoms with Crippen LogP contribution in [0.3, 0.4) is 0 Å². The van der Waals surface area contributed by atoms with E-state index in [4.69, 9.17) is 12.2 Å².